The number of nitrogens with zero attached hydrogens (tertiary/aromatic N) is 6. The van der Waals surface area contributed by atoms with Gasteiger partial charge in [0.15, 0.2) is 0 Å². The second-order valence-electron chi connectivity index (χ2n) is 11.0. The third-order valence-corrected chi connectivity index (χ3v) is 6.97. The van der Waals surface area contributed by atoms with Crippen LogP contribution in [-0.2, 0) is 0 Å². The van der Waals surface area contributed by atoms with Gasteiger partial charge in [-0.2, -0.15) is 0 Å². The Kier molecular flexibility index (Phi) is 19.2. The molecular weight excluding hydrogens is 661 g/mol. The Balaban J connectivity index is 0.000000180. The second kappa shape index (κ2) is 26.4. The highest BCUT2D eigenvalue weighted by Gasteiger charge is 1.84. The third kappa shape index (κ3) is 18.5. The summed E-state index contributed by atoms with van der Waals surface area (Å²) in [4.78, 5) is 23.8. The van der Waals surface area contributed by atoms with E-state index in [1.165, 1.54) is 0 Å². The fraction of sp³-hybridized carbons (Fsp3) is 0. The van der Waals surface area contributed by atoms with Crippen molar-refractivity contribution in [1.82, 2.24) is 29.9 Å². The number of rotatable bonds is 12. The Morgan fingerprint density at radius 3 is 0.444 bits per heavy atom. The average Bonchev–Trinajstić information content (AvgIpc) is 3.24. The summed E-state index contributed by atoms with van der Waals surface area (Å²) in [5.41, 5.74) is 6.88. The van der Waals surface area contributed by atoms with Crippen LogP contribution in [-0.4, -0.2) is 29.9 Å². The lowest BCUT2D eigenvalue weighted by molar-refractivity contribution is 1.32. The molecular formula is C48H42N6. The van der Waals surface area contributed by atoms with Gasteiger partial charge in [0.25, 0.3) is 0 Å². The van der Waals surface area contributed by atoms with Crippen molar-refractivity contribution < 1.29 is 0 Å². The van der Waals surface area contributed by atoms with Crippen molar-refractivity contribution in [3.05, 3.63) is 253 Å². The van der Waals surface area contributed by atoms with E-state index < -0.39 is 0 Å². The molecule has 6 heteroatoms. The largest absolute Gasteiger partial charge is 0.265 e. The van der Waals surface area contributed by atoms with Crippen LogP contribution in [0, 0.1) is 0 Å². The maximum atomic E-state index is 3.97. The van der Waals surface area contributed by atoms with E-state index in [2.05, 4.69) is 29.9 Å². The van der Waals surface area contributed by atoms with Gasteiger partial charge in [0.2, 0.25) is 0 Å². The quantitative estimate of drug-likeness (QED) is 0.118. The van der Waals surface area contributed by atoms with Gasteiger partial charge in [0.1, 0.15) is 0 Å². The van der Waals surface area contributed by atoms with E-state index in [1.54, 1.807) is 74.4 Å². The van der Waals surface area contributed by atoms with Gasteiger partial charge in [-0.05, 0) is 106 Å². The van der Waals surface area contributed by atoms with E-state index in [1.807, 2.05) is 182 Å². The lowest BCUT2D eigenvalue weighted by atomic mass is 10.2. The van der Waals surface area contributed by atoms with Gasteiger partial charge < -0.3 is 0 Å². The highest BCUT2D eigenvalue weighted by molar-refractivity contribution is 5.55. The van der Waals surface area contributed by atoms with Gasteiger partial charge in [-0.3, -0.25) is 29.9 Å². The molecule has 0 spiro atoms. The number of hydrogen-bond acceptors (Lipinski definition) is 6. The van der Waals surface area contributed by atoms with Crippen molar-refractivity contribution >= 4 is 36.5 Å². The Hall–Kier alpha value is -7.44. The number of pyridine rings is 6. The summed E-state index contributed by atoms with van der Waals surface area (Å²) in [5, 5.41) is 0. The molecule has 6 nitrogen and oxygen atoms in total. The van der Waals surface area contributed by atoms with Crippen molar-refractivity contribution in [2.75, 3.05) is 0 Å². The molecule has 0 unspecified atom stereocenters. The number of allylic oxidation sites excluding steroid dienone is 12. The van der Waals surface area contributed by atoms with Crippen molar-refractivity contribution in [3.63, 3.8) is 0 Å². The van der Waals surface area contributed by atoms with Crippen molar-refractivity contribution in [2.24, 2.45) is 0 Å². The topological polar surface area (TPSA) is 77.3 Å². The van der Waals surface area contributed by atoms with Gasteiger partial charge in [-0.25, -0.2) is 0 Å². The molecule has 0 atom stereocenters. The molecule has 6 aromatic heterocycles. The Morgan fingerprint density at radius 2 is 0.315 bits per heavy atom. The van der Waals surface area contributed by atoms with Crippen LogP contribution in [0.5, 0.6) is 0 Å². The smallest absolute Gasteiger partial charge is 0.0273 e. The molecule has 0 amide bonds. The van der Waals surface area contributed by atoms with E-state index in [0.717, 1.165) is 33.4 Å². The van der Waals surface area contributed by atoms with Crippen LogP contribution in [0.1, 0.15) is 33.4 Å². The molecule has 264 valence electrons. The Labute approximate surface area is 318 Å². The molecule has 0 saturated heterocycles. The van der Waals surface area contributed by atoms with Gasteiger partial charge >= 0.3 is 0 Å². The lowest BCUT2D eigenvalue weighted by Gasteiger charge is -1.88. The molecule has 6 heterocycles. The molecule has 0 N–H and O–H groups in total. The number of aromatic nitrogens is 6. The minimum Gasteiger partial charge on any atom is -0.265 e. The molecule has 6 aromatic rings. The van der Waals surface area contributed by atoms with E-state index >= 15 is 0 Å². The van der Waals surface area contributed by atoms with Crippen LogP contribution in [0.2, 0.25) is 0 Å². The third-order valence-electron chi connectivity index (χ3n) is 6.97. The summed E-state index contributed by atoms with van der Waals surface area (Å²) in [5.74, 6) is 0. The van der Waals surface area contributed by atoms with Gasteiger partial charge in [-0.1, -0.05) is 109 Å². The zero-order chi connectivity index (χ0) is 37.4. The van der Waals surface area contributed by atoms with Crippen molar-refractivity contribution in [1.29, 1.82) is 0 Å². The van der Waals surface area contributed by atoms with Crippen molar-refractivity contribution in [2.45, 2.75) is 0 Å². The van der Waals surface area contributed by atoms with Crippen LogP contribution >= 0.6 is 0 Å². The highest BCUT2D eigenvalue weighted by Crippen LogP contribution is 2.04. The predicted molar refractivity (Wildman–Crippen MR) is 227 cm³/mol. The predicted octanol–water partition coefficient (Wildman–Crippen LogP) is 11.3. The molecule has 54 heavy (non-hydrogen) atoms. The summed E-state index contributed by atoms with van der Waals surface area (Å²) in [6.45, 7) is 0. The fourth-order valence-electron chi connectivity index (χ4n) is 4.23. The maximum absolute atomic E-state index is 3.97. The van der Waals surface area contributed by atoms with Gasteiger partial charge in [-0.15, -0.1) is 0 Å². The first-order valence-corrected chi connectivity index (χ1v) is 17.3. The molecule has 0 aliphatic carbocycles. The molecule has 6 rings (SSSR count). The molecule has 0 aliphatic heterocycles. The van der Waals surface area contributed by atoms with Crippen LogP contribution in [0.15, 0.2) is 220 Å². The normalized spacial score (nSPS) is 11.8. The second-order valence-corrected chi connectivity index (χ2v) is 11.0. The van der Waals surface area contributed by atoms with Crippen LogP contribution in [0.4, 0.5) is 0 Å². The summed E-state index contributed by atoms with van der Waals surface area (Å²) in [6.07, 6.45) is 57.7. The Morgan fingerprint density at radius 1 is 0.185 bits per heavy atom. The summed E-state index contributed by atoms with van der Waals surface area (Å²) >= 11 is 0. The van der Waals surface area contributed by atoms with Gasteiger partial charge in [0.05, 0.1) is 0 Å². The van der Waals surface area contributed by atoms with E-state index in [0.29, 0.717) is 0 Å². The molecule has 0 fully saturated rings. The van der Waals surface area contributed by atoms with Crippen molar-refractivity contribution in [3.8, 4) is 0 Å². The maximum Gasteiger partial charge on any atom is 0.0273 e. The highest BCUT2D eigenvalue weighted by atomic mass is 14.6. The zero-order valence-electron chi connectivity index (χ0n) is 29.9. The zero-order valence-corrected chi connectivity index (χ0v) is 29.9. The van der Waals surface area contributed by atoms with E-state index in [-0.39, 0.29) is 0 Å². The molecule has 0 aromatic carbocycles. The minimum atomic E-state index is 1.15. The van der Waals surface area contributed by atoms with Crippen LogP contribution in [0.3, 0.4) is 0 Å². The lowest BCUT2D eigenvalue weighted by Crippen LogP contribution is -1.71. The van der Waals surface area contributed by atoms with E-state index in [4.69, 9.17) is 0 Å². The first-order valence-electron chi connectivity index (χ1n) is 17.3. The first-order chi connectivity index (χ1) is 26.8. The SMILES string of the molecule is C(=C\C=C\c1ccncc1)/C=C/c1ccncc1.C(=C\C=C\c1ccncc1)/C=C/c1ccncc1.C(=C\C=C\c1ccncc1)/C=C/c1ccncc1. The Bertz CT molecular complexity index is 1710. The average molecular weight is 703 g/mol. The van der Waals surface area contributed by atoms with E-state index in [9.17, 15) is 0 Å². The summed E-state index contributed by atoms with van der Waals surface area (Å²) in [7, 11) is 0. The fourth-order valence-corrected chi connectivity index (χ4v) is 4.23. The van der Waals surface area contributed by atoms with Gasteiger partial charge in [0, 0.05) is 74.4 Å². The summed E-state index contributed by atoms with van der Waals surface area (Å²) < 4.78 is 0. The molecule has 0 aliphatic rings. The molecule has 0 bridgehead atoms. The monoisotopic (exact) mass is 702 g/mol. The number of hydrogen-bond donors (Lipinski definition) is 0. The minimum absolute atomic E-state index is 1.15. The van der Waals surface area contributed by atoms with Crippen LogP contribution < -0.4 is 0 Å². The molecule has 0 saturated carbocycles. The first kappa shape index (κ1) is 39.3. The van der Waals surface area contributed by atoms with Crippen LogP contribution in [0.25, 0.3) is 36.5 Å². The molecule has 0 radical (unpaired) electrons. The summed E-state index contributed by atoms with van der Waals surface area (Å²) in [6, 6.07) is 23.6. The standard InChI is InChI=1S/3C16H14N2/c3*1(3-5-15-7-11-17-12-8-15)2-4-6-16-9-13-18-14-10-16/h3*1-14H/b3*2-1+,5-3+,6-4+.